The minimum atomic E-state index is -3.58. The number of sulfone groups is 1. The summed E-state index contributed by atoms with van der Waals surface area (Å²) >= 11 is 0. The molecule has 1 aromatic carbocycles. The van der Waals surface area contributed by atoms with Gasteiger partial charge in [0, 0.05) is 0 Å². The number of hydrogen-bond donors (Lipinski definition) is 2. The van der Waals surface area contributed by atoms with E-state index in [0.717, 1.165) is 69.6 Å². The lowest BCUT2D eigenvalue weighted by molar-refractivity contribution is -0.148. The zero-order valence-corrected chi connectivity index (χ0v) is 27.0. The van der Waals surface area contributed by atoms with Crippen LogP contribution in [-0.2, 0) is 9.84 Å². The van der Waals surface area contributed by atoms with Crippen LogP contribution in [0.2, 0.25) is 0 Å². The Balaban J connectivity index is 1.28. The van der Waals surface area contributed by atoms with Crippen molar-refractivity contribution < 1.29 is 18.6 Å². The molecule has 0 spiro atoms. The molecule has 0 aromatic heterocycles. The third-order valence-electron chi connectivity index (χ3n) is 14.1. The summed E-state index contributed by atoms with van der Waals surface area (Å²) in [6.07, 6.45) is 15.2. The zero-order chi connectivity index (χ0) is 29.3. The Morgan fingerprint density at radius 1 is 0.805 bits per heavy atom. The fourth-order valence-corrected chi connectivity index (χ4v) is 13.9. The molecule has 1 unspecified atom stereocenters. The van der Waals surface area contributed by atoms with E-state index in [0.29, 0.717) is 34.5 Å². The molecule has 0 radical (unpaired) electrons. The van der Waals surface area contributed by atoms with Gasteiger partial charge < -0.3 is 10.2 Å². The van der Waals surface area contributed by atoms with Gasteiger partial charge >= 0.3 is 0 Å². The summed E-state index contributed by atoms with van der Waals surface area (Å²) in [5, 5.41) is 22.0. The average molecular weight is 585 g/mol. The van der Waals surface area contributed by atoms with Crippen LogP contribution in [0.15, 0.2) is 35.2 Å². The van der Waals surface area contributed by atoms with Crippen LogP contribution in [0.3, 0.4) is 0 Å². The normalized spacial score (nSPS) is 43.8. The third kappa shape index (κ3) is 5.16. The smallest absolute Gasteiger partial charge is 0.181 e. The summed E-state index contributed by atoms with van der Waals surface area (Å²) < 4.78 is 28.7. The van der Waals surface area contributed by atoms with E-state index in [9.17, 15) is 18.6 Å². The highest BCUT2D eigenvalue weighted by atomic mass is 32.2. The van der Waals surface area contributed by atoms with E-state index in [1.165, 1.54) is 32.1 Å². The van der Waals surface area contributed by atoms with Gasteiger partial charge in [0.15, 0.2) is 9.84 Å². The number of aliphatic hydroxyl groups is 2. The highest BCUT2D eigenvalue weighted by molar-refractivity contribution is 7.92. The third-order valence-corrected chi connectivity index (χ3v) is 16.4. The van der Waals surface area contributed by atoms with Gasteiger partial charge in [-0.15, -0.1) is 0 Å². The Labute approximate surface area is 250 Å². The van der Waals surface area contributed by atoms with Crippen LogP contribution in [0, 0.1) is 46.3 Å². The van der Waals surface area contributed by atoms with Crippen molar-refractivity contribution in [1.82, 2.24) is 0 Å². The van der Waals surface area contributed by atoms with Gasteiger partial charge in [-0.05, 0) is 142 Å². The molecule has 5 aliphatic rings. The summed E-state index contributed by atoms with van der Waals surface area (Å²) in [7, 11) is -3.58. The molecule has 5 saturated carbocycles. The first kappa shape index (κ1) is 30.1. The van der Waals surface area contributed by atoms with Crippen LogP contribution in [0.1, 0.15) is 124 Å². The molecular weight excluding hydrogens is 528 g/mol. The van der Waals surface area contributed by atoms with Crippen molar-refractivity contribution in [2.75, 3.05) is 0 Å². The van der Waals surface area contributed by atoms with Crippen molar-refractivity contribution in [2.24, 2.45) is 46.3 Å². The largest absolute Gasteiger partial charge is 0.390 e. The standard InChI is InChI=1S/C36H56O4S/c1-25(32(24-36(38)18-9-6-10-19-36)41(39,40)27-11-7-5-8-12-27)29-15-16-30-28-14-13-26-23-33(2,37)21-22-34(26,3)31(28)17-20-35(29,30)4/h5,7-8,11-12,25-26,28-32,37-38H,6,9-10,13-24H2,1-4H3/t25-,26-,28-,29+,30-,31-,32?,33-,34-,35+/m0/s1. The van der Waals surface area contributed by atoms with Gasteiger partial charge in [-0.1, -0.05) is 58.2 Å². The Kier molecular flexibility index (Phi) is 7.80. The zero-order valence-electron chi connectivity index (χ0n) is 26.2. The second-order valence-corrected chi connectivity index (χ2v) is 18.5. The number of benzene rings is 1. The lowest BCUT2D eigenvalue weighted by Gasteiger charge is -2.62. The average Bonchev–Trinajstić information content (AvgIpc) is 3.30. The fraction of sp³-hybridized carbons (Fsp3) is 0.833. The van der Waals surface area contributed by atoms with Crippen LogP contribution in [-0.4, -0.2) is 35.1 Å². The highest BCUT2D eigenvalue weighted by Gasteiger charge is 2.62. The van der Waals surface area contributed by atoms with Gasteiger partial charge in [0.05, 0.1) is 21.3 Å². The molecule has 230 valence electrons. The molecule has 2 N–H and O–H groups in total. The molecule has 10 atom stereocenters. The van der Waals surface area contributed by atoms with Crippen LogP contribution in [0.25, 0.3) is 0 Å². The Hall–Kier alpha value is -0.910. The quantitative estimate of drug-likeness (QED) is 0.356. The summed E-state index contributed by atoms with van der Waals surface area (Å²) in [5.74, 6) is 3.12. The second kappa shape index (κ2) is 10.6. The van der Waals surface area contributed by atoms with Crippen molar-refractivity contribution in [1.29, 1.82) is 0 Å². The summed E-state index contributed by atoms with van der Waals surface area (Å²) in [5.41, 5.74) is -0.885. The second-order valence-electron chi connectivity index (χ2n) is 16.3. The monoisotopic (exact) mass is 584 g/mol. The van der Waals surface area contributed by atoms with Gasteiger partial charge in [-0.2, -0.15) is 0 Å². The summed E-state index contributed by atoms with van der Waals surface area (Å²) in [4.78, 5) is 0.416. The molecule has 5 fully saturated rings. The lowest BCUT2D eigenvalue weighted by Crippen LogP contribution is -2.56. The fourth-order valence-electron chi connectivity index (χ4n) is 11.7. The van der Waals surface area contributed by atoms with E-state index >= 15 is 0 Å². The maximum atomic E-state index is 14.4. The molecule has 5 heteroatoms. The first-order chi connectivity index (χ1) is 19.3. The Morgan fingerprint density at radius 2 is 1.49 bits per heavy atom. The molecule has 0 bridgehead atoms. The van der Waals surface area contributed by atoms with Gasteiger partial charge in [-0.25, -0.2) is 8.42 Å². The van der Waals surface area contributed by atoms with Crippen molar-refractivity contribution in [3.63, 3.8) is 0 Å². The van der Waals surface area contributed by atoms with Crippen LogP contribution >= 0.6 is 0 Å². The van der Waals surface area contributed by atoms with Gasteiger partial charge in [0.1, 0.15) is 0 Å². The van der Waals surface area contributed by atoms with Crippen molar-refractivity contribution >= 4 is 9.84 Å². The molecule has 6 rings (SSSR count). The number of fused-ring (bicyclic) bond motifs is 5. The maximum Gasteiger partial charge on any atom is 0.181 e. The molecule has 1 aromatic rings. The van der Waals surface area contributed by atoms with Crippen LogP contribution in [0.5, 0.6) is 0 Å². The Bertz CT molecular complexity index is 1190. The molecule has 41 heavy (non-hydrogen) atoms. The predicted octanol–water partition coefficient (Wildman–Crippen LogP) is 7.96. The number of rotatable bonds is 6. The Morgan fingerprint density at radius 3 is 2.20 bits per heavy atom. The minimum absolute atomic E-state index is 0.00871. The van der Waals surface area contributed by atoms with Crippen LogP contribution in [0.4, 0.5) is 0 Å². The molecular formula is C36H56O4S. The van der Waals surface area contributed by atoms with E-state index < -0.39 is 26.3 Å². The molecule has 0 heterocycles. The van der Waals surface area contributed by atoms with Crippen molar-refractivity contribution in [3.8, 4) is 0 Å². The van der Waals surface area contributed by atoms with Gasteiger partial charge in [0.2, 0.25) is 0 Å². The van der Waals surface area contributed by atoms with E-state index in [4.69, 9.17) is 0 Å². The lowest BCUT2D eigenvalue weighted by atomic mass is 9.43. The molecule has 0 amide bonds. The number of hydrogen-bond acceptors (Lipinski definition) is 4. The van der Waals surface area contributed by atoms with E-state index in [1.54, 1.807) is 12.1 Å². The van der Waals surface area contributed by atoms with E-state index in [1.807, 2.05) is 25.1 Å². The first-order valence-corrected chi connectivity index (χ1v) is 18.6. The van der Waals surface area contributed by atoms with E-state index in [-0.39, 0.29) is 11.3 Å². The highest BCUT2D eigenvalue weighted by Crippen LogP contribution is 2.69. The SMILES string of the molecule is C[C@H](C(CC1(O)CCCCC1)S(=O)(=O)c1ccccc1)[C@H]1CC[C@H]2[C@@H]3CC[C@H]4C[C@@](C)(O)CC[C@]4(C)[C@H]3CC[C@]12C. The molecule has 0 aliphatic heterocycles. The van der Waals surface area contributed by atoms with Gasteiger partial charge in [-0.3, -0.25) is 0 Å². The van der Waals surface area contributed by atoms with Crippen molar-refractivity contribution in [2.45, 2.75) is 145 Å². The summed E-state index contributed by atoms with van der Waals surface area (Å²) in [6, 6.07) is 9.06. The van der Waals surface area contributed by atoms with Crippen molar-refractivity contribution in [3.05, 3.63) is 30.3 Å². The molecule has 0 saturated heterocycles. The minimum Gasteiger partial charge on any atom is -0.390 e. The molecule has 5 aliphatic carbocycles. The van der Waals surface area contributed by atoms with Gasteiger partial charge in [0.25, 0.3) is 0 Å². The first-order valence-electron chi connectivity index (χ1n) is 17.0. The van der Waals surface area contributed by atoms with Crippen LogP contribution < -0.4 is 0 Å². The summed E-state index contributed by atoms with van der Waals surface area (Å²) in [6.45, 7) is 9.34. The molecule has 4 nitrogen and oxygen atoms in total. The topological polar surface area (TPSA) is 74.6 Å². The van der Waals surface area contributed by atoms with E-state index in [2.05, 4.69) is 20.8 Å². The maximum absolute atomic E-state index is 14.4. The predicted molar refractivity (Wildman–Crippen MR) is 165 cm³/mol.